The second-order valence-electron chi connectivity index (χ2n) is 4.95. The molecule has 0 amide bonds. The van der Waals surface area contributed by atoms with Gasteiger partial charge >= 0.3 is 0 Å². The molecule has 0 spiro atoms. The highest BCUT2D eigenvalue weighted by atomic mass is 32.1. The van der Waals surface area contributed by atoms with E-state index in [2.05, 4.69) is 30.9 Å². The number of pyridine rings is 1. The van der Waals surface area contributed by atoms with Gasteiger partial charge in [0.1, 0.15) is 17.1 Å². The highest BCUT2D eigenvalue weighted by Gasteiger charge is 2.05. The predicted octanol–water partition coefficient (Wildman–Crippen LogP) is 2.78. The first-order chi connectivity index (χ1) is 11.6. The van der Waals surface area contributed by atoms with E-state index in [4.69, 9.17) is 12.2 Å². The van der Waals surface area contributed by atoms with Crippen LogP contribution in [0.4, 0.5) is 17.3 Å². The van der Waals surface area contributed by atoms with E-state index in [1.54, 1.807) is 30.5 Å². The molecule has 7 nitrogen and oxygen atoms in total. The van der Waals surface area contributed by atoms with E-state index in [-0.39, 0.29) is 5.75 Å². The van der Waals surface area contributed by atoms with Crippen LogP contribution in [-0.4, -0.2) is 31.7 Å². The lowest BCUT2D eigenvalue weighted by atomic mass is 10.3. The summed E-state index contributed by atoms with van der Waals surface area (Å²) in [5, 5.41) is 18.9. The maximum atomic E-state index is 9.32. The molecule has 8 heteroatoms. The summed E-state index contributed by atoms with van der Waals surface area (Å²) in [5.41, 5.74) is 2.00. The standard InChI is InChI=1S/C16H16N6OS/c1-2-17-16(24)22-14-9-18-12-7-8-13(20-15(12)21-14)19-10-3-5-11(23)6-4-10/h3-9,23H,2H2,1H3,(H3,17,19,20,21,22,24). The fourth-order valence-corrected chi connectivity index (χ4v) is 2.29. The van der Waals surface area contributed by atoms with Crippen LogP contribution in [0.1, 0.15) is 6.92 Å². The van der Waals surface area contributed by atoms with Crippen molar-refractivity contribution in [3.63, 3.8) is 0 Å². The molecule has 4 N–H and O–H groups in total. The molecule has 0 aliphatic heterocycles. The molecule has 0 saturated carbocycles. The predicted molar refractivity (Wildman–Crippen MR) is 98.6 cm³/mol. The van der Waals surface area contributed by atoms with E-state index in [0.717, 1.165) is 12.2 Å². The fourth-order valence-electron chi connectivity index (χ4n) is 2.04. The molecule has 0 atom stereocenters. The molecule has 1 aromatic carbocycles. The van der Waals surface area contributed by atoms with E-state index < -0.39 is 0 Å². The normalized spacial score (nSPS) is 10.4. The van der Waals surface area contributed by atoms with E-state index in [9.17, 15) is 5.11 Å². The number of aromatic hydroxyl groups is 1. The lowest BCUT2D eigenvalue weighted by molar-refractivity contribution is 0.475. The van der Waals surface area contributed by atoms with E-state index in [1.165, 1.54) is 0 Å². The van der Waals surface area contributed by atoms with Crippen LogP contribution in [0.25, 0.3) is 11.2 Å². The van der Waals surface area contributed by atoms with Crippen LogP contribution in [0.2, 0.25) is 0 Å². The Morgan fingerprint density at radius 3 is 2.58 bits per heavy atom. The number of nitrogens with zero attached hydrogens (tertiary/aromatic N) is 3. The van der Waals surface area contributed by atoms with Gasteiger partial charge in [0, 0.05) is 12.2 Å². The average Bonchev–Trinajstić information content (AvgIpc) is 2.57. The summed E-state index contributed by atoms with van der Waals surface area (Å²) in [6.45, 7) is 2.69. The summed E-state index contributed by atoms with van der Waals surface area (Å²) in [6, 6.07) is 10.4. The molecule has 0 aliphatic carbocycles. The number of hydrogen-bond acceptors (Lipinski definition) is 6. The Hall–Kier alpha value is -3.00. The molecule has 0 saturated heterocycles. The molecule has 122 valence electrons. The fraction of sp³-hybridized carbons (Fsp3) is 0.125. The molecule has 0 bridgehead atoms. The molecule has 3 rings (SSSR count). The number of benzene rings is 1. The minimum atomic E-state index is 0.213. The van der Waals surface area contributed by atoms with Crippen molar-refractivity contribution in [1.82, 2.24) is 20.3 Å². The smallest absolute Gasteiger partial charge is 0.182 e. The third kappa shape index (κ3) is 3.85. The maximum absolute atomic E-state index is 9.32. The van der Waals surface area contributed by atoms with Crippen LogP contribution < -0.4 is 16.0 Å². The molecule has 0 aliphatic rings. The van der Waals surface area contributed by atoms with Gasteiger partial charge in [-0.15, -0.1) is 0 Å². The van der Waals surface area contributed by atoms with Gasteiger partial charge in [0.25, 0.3) is 0 Å². The third-order valence-corrected chi connectivity index (χ3v) is 3.37. The van der Waals surface area contributed by atoms with Crippen molar-refractivity contribution < 1.29 is 5.11 Å². The Labute approximate surface area is 144 Å². The number of fused-ring (bicyclic) bond motifs is 1. The van der Waals surface area contributed by atoms with Crippen molar-refractivity contribution in [2.75, 3.05) is 17.2 Å². The SMILES string of the molecule is CCNC(=S)Nc1cnc2ccc(Nc3ccc(O)cc3)nc2n1. The number of thiocarbonyl (C=S) groups is 1. The number of hydrogen-bond donors (Lipinski definition) is 4. The van der Waals surface area contributed by atoms with Crippen molar-refractivity contribution in [3.8, 4) is 5.75 Å². The zero-order chi connectivity index (χ0) is 16.9. The monoisotopic (exact) mass is 340 g/mol. The van der Waals surface area contributed by atoms with E-state index >= 15 is 0 Å². The number of phenols is 1. The first-order valence-corrected chi connectivity index (χ1v) is 7.79. The van der Waals surface area contributed by atoms with Crippen LogP contribution in [0.15, 0.2) is 42.6 Å². The third-order valence-electron chi connectivity index (χ3n) is 3.13. The highest BCUT2D eigenvalue weighted by molar-refractivity contribution is 7.80. The van der Waals surface area contributed by atoms with Gasteiger partial charge in [0.05, 0.1) is 6.20 Å². The Morgan fingerprint density at radius 2 is 1.83 bits per heavy atom. The van der Waals surface area contributed by atoms with Crippen molar-refractivity contribution in [3.05, 3.63) is 42.6 Å². The number of anilines is 3. The molecule has 0 fully saturated rings. The van der Waals surface area contributed by atoms with Gasteiger partial charge < -0.3 is 21.1 Å². The summed E-state index contributed by atoms with van der Waals surface area (Å²) >= 11 is 5.14. The first-order valence-electron chi connectivity index (χ1n) is 7.39. The molecular formula is C16H16N6OS. The summed E-state index contributed by atoms with van der Waals surface area (Å²) in [6.07, 6.45) is 1.61. The van der Waals surface area contributed by atoms with Crippen molar-refractivity contribution in [2.45, 2.75) is 6.92 Å². The average molecular weight is 340 g/mol. The minimum absolute atomic E-state index is 0.213. The number of aromatic nitrogens is 3. The molecule has 24 heavy (non-hydrogen) atoms. The summed E-state index contributed by atoms with van der Waals surface area (Å²) in [7, 11) is 0. The quantitative estimate of drug-likeness (QED) is 0.425. The zero-order valence-electron chi connectivity index (χ0n) is 12.9. The highest BCUT2D eigenvalue weighted by Crippen LogP contribution is 2.20. The van der Waals surface area contributed by atoms with E-state index in [0.29, 0.717) is 27.9 Å². The topological polar surface area (TPSA) is 95.0 Å². The van der Waals surface area contributed by atoms with Gasteiger partial charge in [-0.1, -0.05) is 0 Å². The molecule has 3 aromatic rings. The molecular weight excluding hydrogens is 324 g/mol. The van der Waals surface area contributed by atoms with Crippen LogP contribution in [-0.2, 0) is 0 Å². The van der Waals surface area contributed by atoms with Crippen LogP contribution in [0.3, 0.4) is 0 Å². The van der Waals surface area contributed by atoms with Crippen LogP contribution in [0, 0.1) is 0 Å². The van der Waals surface area contributed by atoms with Crippen molar-refractivity contribution in [1.29, 1.82) is 0 Å². The Kier molecular flexibility index (Phi) is 4.66. The number of rotatable bonds is 4. The summed E-state index contributed by atoms with van der Waals surface area (Å²) < 4.78 is 0. The van der Waals surface area contributed by atoms with Crippen LogP contribution in [0.5, 0.6) is 5.75 Å². The second kappa shape index (κ2) is 7.05. The van der Waals surface area contributed by atoms with Crippen molar-refractivity contribution in [2.24, 2.45) is 0 Å². The molecule has 2 aromatic heterocycles. The molecule has 0 radical (unpaired) electrons. The van der Waals surface area contributed by atoms with Gasteiger partial charge in [0.2, 0.25) is 0 Å². The summed E-state index contributed by atoms with van der Waals surface area (Å²) in [5.74, 6) is 1.38. The lowest BCUT2D eigenvalue weighted by Gasteiger charge is -2.09. The second-order valence-corrected chi connectivity index (χ2v) is 5.36. The summed E-state index contributed by atoms with van der Waals surface area (Å²) in [4.78, 5) is 13.2. The van der Waals surface area contributed by atoms with Gasteiger partial charge in [-0.3, -0.25) is 0 Å². The molecule has 0 unspecified atom stereocenters. The zero-order valence-corrected chi connectivity index (χ0v) is 13.8. The van der Waals surface area contributed by atoms with Gasteiger partial charge in [-0.05, 0) is 55.5 Å². The largest absolute Gasteiger partial charge is 0.508 e. The Morgan fingerprint density at radius 1 is 1.08 bits per heavy atom. The molecule has 2 heterocycles. The lowest BCUT2D eigenvalue weighted by Crippen LogP contribution is -2.28. The van der Waals surface area contributed by atoms with Gasteiger partial charge in [-0.25, -0.2) is 15.0 Å². The Bertz CT molecular complexity index is 868. The Balaban J connectivity index is 1.83. The van der Waals surface area contributed by atoms with Gasteiger partial charge in [0.15, 0.2) is 16.6 Å². The number of nitrogens with one attached hydrogen (secondary N) is 3. The first kappa shape index (κ1) is 15.9. The minimum Gasteiger partial charge on any atom is -0.508 e. The van der Waals surface area contributed by atoms with Crippen LogP contribution >= 0.6 is 12.2 Å². The van der Waals surface area contributed by atoms with Crippen molar-refractivity contribution >= 4 is 45.8 Å². The maximum Gasteiger partial charge on any atom is 0.182 e. The van der Waals surface area contributed by atoms with Gasteiger partial charge in [-0.2, -0.15) is 0 Å². The number of phenolic OH excluding ortho intramolecular Hbond substituents is 1. The van der Waals surface area contributed by atoms with E-state index in [1.807, 2.05) is 19.1 Å².